The molecule has 1 aliphatic heterocycles. The van der Waals surface area contributed by atoms with Crippen molar-refractivity contribution < 1.29 is 9.90 Å². The van der Waals surface area contributed by atoms with Gasteiger partial charge in [-0.25, -0.2) is 4.98 Å². The molecular formula is C20H15N3O2. The number of nitrogens with zero attached hydrogens (tertiary/aromatic N) is 2. The smallest absolute Gasteiger partial charge is 0.152 e. The predicted octanol–water partition coefficient (Wildman–Crippen LogP) is 3.51. The Balaban J connectivity index is 1.70. The molecule has 5 heteroatoms. The number of aliphatic hydroxyl groups is 1. The SMILES string of the molecule is O=C1CC23C=CC=CC2=CC=NC3=C(O)C1c1nc2ccccc2[nH]1. The number of carbonyl (C=O) groups excluding carboxylic acids is 1. The van der Waals surface area contributed by atoms with Crippen molar-refractivity contribution in [1.82, 2.24) is 9.97 Å². The van der Waals surface area contributed by atoms with Gasteiger partial charge >= 0.3 is 0 Å². The van der Waals surface area contributed by atoms with Crippen LogP contribution in [-0.2, 0) is 4.79 Å². The highest BCUT2D eigenvalue weighted by Gasteiger charge is 2.49. The van der Waals surface area contributed by atoms with E-state index >= 15 is 0 Å². The Hall–Kier alpha value is -3.21. The second-order valence-corrected chi connectivity index (χ2v) is 6.54. The third-order valence-electron chi connectivity index (χ3n) is 5.14. The van der Waals surface area contributed by atoms with Crippen LogP contribution in [0.4, 0.5) is 0 Å². The van der Waals surface area contributed by atoms with Gasteiger partial charge < -0.3 is 10.1 Å². The highest BCUT2D eigenvalue weighted by Crippen LogP contribution is 2.52. The van der Waals surface area contributed by atoms with Gasteiger partial charge in [-0.05, 0) is 23.8 Å². The van der Waals surface area contributed by atoms with Crippen LogP contribution in [0.25, 0.3) is 11.0 Å². The average molecular weight is 329 g/mol. The number of benzene rings is 1. The van der Waals surface area contributed by atoms with E-state index in [1.807, 2.05) is 54.6 Å². The van der Waals surface area contributed by atoms with Gasteiger partial charge in [-0.1, -0.05) is 36.4 Å². The van der Waals surface area contributed by atoms with Crippen LogP contribution in [-0.4, -0.2) is 27.1 Å². The molecule has 122 valence electrons. The number of para-hydroxylation sites is 2. The number of aliphatic imine (C=N–C) groups is 1. The number of aliphatic hydroxyl groups excluding tert-OH is 1. The summed E-state index contributed by atoms with van der Waals surface area (Å²) in [5.74, 6) is -0.420. The Labute approximate surface area is 143 Å². The normalized spacial score (nSPS) is 27.4. The number of aromatic nitrogens is 2. The van der Waals surface area contributed by atoms with E-state index in [4.69, 9.17) is 0 Å². The van der Waals surface area contributed by atoms with Gasteiger partial charge in [0.25, 0.3) is 0 Å². The van der Waals surface area contributed by atoms with Gasteiger partial charge in [-0.3, -0.25) is 9.79 Å². The number of ketones is 1. The summed E-state index contributed by atoms with van der Waals surface area (Å²) in [6.45, 7) is 0. The molecule has 5 nitrogen and oxygen atoms in total. The fraction of sp³-hybridized carbons (Fsp3) is 0.150. The van der Waals surface area contributed by atoms with E-state index in [9.17, 15) is 9.90 Å². The molecule has 2 aromatic rings. The van der Waals surface area contributed by atoms with Crippen LogP contribution in [0.2, 0.25) is 0 Å². The Morgan fingerprint density at radius 2 is 2.12 bits per heavy atom. The minimum absolute atomic E-state index is 0.0166. The molecule has 1 aromatic carbocycles. The number of hydrogen-bond acceptors (Lipinski definition) is 4. The molecule has 0 amide bonds. The van der Waals surface area contributed by atoms with Crippen LogP contribution in [0.15, 0.2) is 76.7 Å². The van der Waals surface area contributed by atoms with Gasteiger partial charge in [0.05, 0.1) is 22.1 Å². The molecule has 0 radical (unpaired) electrons. The maximum Gasteiger partial charge on any atom is 0.152 e. The van der Waals surface area contributed by atoms with Gasteiger partial charge in [0, 0.05) is 12.6 Å². The maximum absolute atomic E-state index is 13.0. The zero-order chi connectivity index (χ0) is 17.0. The number of H-pyrrole nitrogens is 1. The molecule has 1 spiro atoms. The molecule has 5 rings (SSSR count). The minimum atomic E-state index is -0.802. The lowest BCUT2D eigenvalue weighted by molar-refractivity contribution is -0.122. The number of nitrogens with one attached hydrogen (secondary N) is 1. The van der Waals surface area contributed by atoms with Crippen molar-refractivity contribution in [2.75, 3.05) is 0 Å². The summed E-state index contributed by atoms with van der Waals surface area (Å²) in [5.41, 5.74) is 2.47. The van der Waals surface area contributed by atoms with E-state index in [-0.39, 0.29) is 18.0 Å². The molecule has 0 bridgehead atoms. The standard InChI is InChI=1S/C20H15N3O2/c24-15-11-20-9-4-3-5-12(20)8-10-21-18(20)17(25)16(15)19-22-13-6-1-2-7-14(13)23-19/h1-10,16,25H,11H2,(H,22,23). The maximum atomic E-state index is 13.0. The second kappa shape index (κ2) is 4.89. The summed E-state index contributed by atoms with van der Waals surface area (Å²) in [5, 5.41) is 10.9. The van der Waals surface area contributed by atoms with Gasteiger partial charge in [-0.2, -0.15) is 0 Å². The van der Waals surface area contributed by atoms with Crippen molar-refractivity contribution in [1.29, 1.82) is 0 Å². The Kier molecular flexibility index (Phi) is 2.77. The lowest BCUT2D eigenvalue weighted by Crippen LogP contribution is -2.37. The Morgan fingerprint density at radius 3 is 3.00 bits per heavy atom. The van der Waals surface area contributed by atoms with Gasteiger partial charge in [0.15, 0.2) is 5.78 Å². The van der Waals surface area contributed by atoms with Crippen molar-refractivity contribution in [3.8, 4) is 0 Å². The monoisotopic (exact) mass is 329 g/mol. The van der Waals surface area contributed by atoms with E-state index < -0.39 is 11.3 Å². The third-order valence-corrected chi connectivity index (χ3v) is 5.14. The number of imidazole rings is 1. The van der Waals surface area contributed by atoms with Crippen molar-refractivity contribution >= 4 is 23.0 Å². The van der Waals surface area contributed by atoms with Crippen molar-refractivity contribution in [3.05, 3.63) is 77.5 Å². The van der Waals surface area contributed by atoms with Gasteiger partial charge in [-0.15, -0.1) is 0 Å². The van der Waals surface area contributed by atoms with E-state index in [1.165, 1.54) is 0 Å². The van der Waals surface area contributed by atoms with Crippen LogP contribution in [0.5, 0.6) is 0 Å². The first-order valence-corrected chi connectivity index (χ1v) is 8.21. The molecule has 0 fully saturated rings. The molecule has 1 aromatic heterocycles. The first-order valence-electron chi connectivity index (χ1n) is 8.21. The molecule has 25 heavy (non-hydrogen) atoms. The number of rotatable bonds is 1. The molecule has 2 heterocycles. The molecule has 0 saturated carbocycles. The molecule has 2 unspecified atom stereocenters. The average Bonchev–Trinajstić information content (AvgIpc) is 3.03. The Bertz CT molecular complexity index is 1030. The van der Waals surface area contributed by atoms with E-state index in [2.05, 4.69) is 15.0 Å². The molecular weight excluding hydrogens is 314 g/mol. The number of carbonyl (C=O) groups is 1. The highest BCUT2D eigenvalue weighted by molar-refractivity contribution is 5.94. The topological polar surface area (TPSA) is 78.3 Å². The number of hydrogen-bond donors (Lipinski definition) is 2. The highest BCUT2D eigenvalue weighted by atomic mass is 16.3. The lowest BCUT2D eigenvalue weighted by Gasteiger charge is -2.40. The molecule has 2 N–H and O–H groups in total. The first kappa shape index (κ1) is 14.2. The first-order chi connectivity index (χ1) is 12.2. The van der Waals surface area contributed by atoms with Gasteiger partial charge in [0.1, 0.15) is 17.5 Å². The zero-order valence-corrected chi connectivity index (χ0v) is 13.3. The zero-order valence-electron chi connectivity index (χ0n) is 13.3. The minimum Gasteiger partial charge on any atom is -0.509 e. The van der Waals surface area contributed by atoms with Crippen molar-refractivity contribution in [2.45, 2.75) is 12.3 Å². The molecule has 3 aliphatic rings. The fourth-order valence-electron chi connectivity index (χ4n) is 3.95. The van der Waals surface area contributed by atoms with E-state index in [1.54, 1.807) is 6.21 Å². The van der Waals surface area contributed by atoms with Gasteiger partial charge in [0.2, 0.25) is 0 Å². The van der Waals surface area contributed by atoms with E-state index in [0.717, 1.165) is 16.6 Å². The number of allylic oxidation sites excluding steroid dienone is 6. The lowest BCUT2D eigenvalue weighted by atomic mass is 9.64. The summed E-state index contributed by atoms with van der Waals surface area (Å²) in [4.78, 5) is 25.1. The Morgan fingerprint density at radius 1 is 1.24 bits per heavy atom. The van der Waals surface area contributed by atoms with Crippen LogP contribution >= 0.6 is 0 Å². The van der Waals surface area contributed by atoms with Crippen molar-refractivity contribution in [3.63, 3.8) is 0 Å². The molecule has 2 atom stereocenters. The predicted molar refractivity (Wildman–Crippen MR) is 95.4 cm³/mol. The number of Topliss-reactive ketones (excluding diaryl/α,β-unsaturated/α-hetero) is 1. The van der Waals surface area contributed by atoms with Crippen LogP contribution in [0.1, 0.15) is 18.2 Å². The summed E-state index contributed by atoms with van der Waals surface area (Å²) < 4.78 is 0. The van der Waals surface area contributed by atoms with Crippen LogP contribution in [0.3, 0.4) is 0 Å². The second-order valence-electron chi connectivity index (χ2n) is 6.54. The van der Waals surface area contributed by atoms with Crippen LogP contribution in [0, 0.1) is 5.41 Å². The number of aromatic amines is 1. The van der Waals surface area contributed by atoms with Crippen LogP contribution < -0.4 is 0 Å². The summed E-state index contributed by atoms with van der Waals surface area (Å²) >= 11 is 0. The molecule has 2 aliphatic carbocycles. The number of dihydropyridines is 1. The number of fused-ring (bicyclic) bond motifs is 1. The van der Waals surface area contributed by atoms with E-state index in [0.29, 0.717) is 11.5 Å². The third kappa shape index (κ3) is 1.86. The summed E-state index contributed by atoms with van der Waals surface area (Å²) in [6.07, 6.45) is 11.6. The fourth-order valence-corrected chi connectivity index (χ4v) is 3.95. The summed E-state index contributed by atoms with van der Waals surface area (Å²) in [7, 11) is 0. The molecule has 0 saturated heterocycles. The largest absolute Gasteiger partial charge is 0.509 e. The van der Waals surface area contributed by atoms with Crippen molar-refractivity contribution in [2.24, 2.45) is 10.4 Å². The summed E-state index contributed by atoms with van der Waals surface area (Å²) in [6, 6.07) is 7.58. The quantitative estimate of drug-likeness (QED) is 0.840.